The largest absolute Gasteiger partial charge is 0.493 e. The summed E-state index contributed by atoms with van der Waals surface area (Å²) < 4.78 is 17.7. The van der Waals surface area contributed by atoms with Gasteiger partial charge in [0, 0.05) is 30.6 Å². The van der Waals surface area contributed by atoms with Crippen LogP contribution in [0, 0.1) is 20.8 Å². The summed E-state index contributed by atoms with van der Waals surface area (Å²) in [7, 11) is 1.64. The Kier molecular flexibility index (Phi) is 7.61. The normalized spacial score (nSPS) is 10.7. The van der Waals surface area contributed by atoms with E-state index in [2.05, 4.69) is 0 Å². The van der Waals surface area contributed by atoms with Crippen LogP contribution in [0.4, 0.5) is 0 Å². The minimum absolute atomic E-state index is 0.0913. The van der Waals surface area contributed by atoms with E-state index in [1.807, 2.05) is 55.7 Å². The predicted octanol–water partition coefficient (Wildman–Crippen LogP) is 3.25. The number of ketones is 1. The molecule has 1 aromatic heterocycles. The third-order valence-corrected chi connectivity index (χ3v) is 4.35. The van der Waals surface area contributed by atoms with Crippen LogP contribution < -0.4 is 4.74 Å². The van der Waals surface area contributed by atoms with Crippen molar-refractivity contribution in [3.63, 3.8) is 0 Å². The molecule has 2 aromatic rings. The highest BCUT2D eigenvalue weighted by Gasteiger charge is 2.17. The van der Waals surface area contributed by atoms with Crippen LogP contribution in [-0.2, 0) is 20.8 Å². The maximum absolute atomic E-state index is 12.4. The van der Waals surface area contributed by atoms with Crippen LogP contribution in [0.1, 0.15) is 33.7 Å². The van der Waals surface area contributed by atoms with Crippen molar-refractivity contribution in [3.05, 3.63) is 52.8 Å². The van der Waals surface area contributed by atoms with Gasteiger partial charge in [0.1, 0.15) is 5.75 Å². The quantitative estimate of drug-likeness (QED) is 0.472. The molecule has 146 valence electrons. The zero-order chi connectivity index (χ0) is 19.8. The molecule has 6 nitrogen and oxygen atoms in total. The fourth-order valence-corrected chi connectivity index (χ4v) is 2.79. The average Bonchev–Trinajstić information content (AvgIpc) is 2.93. The van der Waals surface area contributed by atoms with Gasteiger partial charge in [0.15, 0.2) is 6.61 Å². The molecule has 0 radical (unpaired) electrons. The SMILES string of the molecule is COCCn1c(C)cc(C(=O)COC(=O)CCOc2ccc(C)cc2)c1C. The van der Waals surface area contributed by atoms with Crippen LogP contribution >= 0.6 is 0 Å². The van der Waals surface area contributed by atoms with Crippen LogP contribution in [0.3, 0.4) is 0 Å². The number of hydrogen-bond acceptors (Lipinski definition) is 5. The van der Waals surface area contributed by atoms with E-state index in [-0.39, 0.29) is 25.4 Å². The molecule has 27 heavy (non-hydrogen) atoms. The molecule has 0 unspecified atom stereocenters. The van der Waals surface area contributed by atoms with Gasteiger partial charge in [0.2, 0.25) is 5.78 Å². The molecule has 0 saturated carbocycles. The van der Waals surface area contributed by atoms with Gasteiger partial charge in [-0.25, -0.2) is 0 Å². The number of aryl methyl sites for hydroxylation is 2. The summed E-state index contributed by atoms with van der Waals surface area (Å²) in [5.41, 5.74) is 3.55. The summed E-state index contributed by atoms with van der Waals surface area (Å²) in [6.07, 6.45) is 0.0913. The Hall–Kier alpha value is -2.60. The molecule has 0 aliphatic carbocycles. The summed E-state index contributed by atoms with van der Waals surface area (Å²) in [6.45, 7) is 7.01. The first kappa shape index (κ1) is 20.7. The van der Waals surface area contributed by atoms with E-state index in [1.165, 1.54) is 0 Å². The second-order valence-corrected chi connectivity index (χ2v) is 6.42. The number of nitrogens with zero attached hydrogens (tertiary/aromatic N) is 1. The van der Waals surface area contributed by atoms with E-state index in [0.717, 1.165) is 17.0 Å². The fourth-order valence-electron chi connectivity index (χ4n) is 2.79. The first-order valence-electron chi connectivity index (χ1n) is 8.96. The summed E-state index contributed by atoms with van der Waals surface area (Å²) in [6, 6.07) is 9.40. The molecule has 0 spiro atoms. The molecule has 0 N–H and O–H groups in total. The standard InChI is InChI=1S/C21H27NO5/c1-15-5-7-18(8-6-15)26-11-9-21(24)27-14-20(23)19-13-16(2)22(17(19)3)10-12-25-4/h5-8,13H,9-12,14H2,1-4H3. The number of carbonyl (C=O) groups is 2. The minimum atomic E-state index is -0.455. The fraction of sp³-hybridized carbons (Fsp3) is 0.429. The lowest BCUT2D eigenvalue weighted by Crippen LogP contribution is -2.17. The van der Waals surface area contributed by atoms with Crippen molar-refractivity contribution >= 4 is 11.8 Å². The van der Waals surface area contributed by atoms with Gasteiger partial charge in [-0.15, -0.1) is 0 Å². The molecule has 2 rings (SSSR count). The number of methoxy groups -OCH3 is 1. The Morgan fingerprint density at radius 3 is 2.41 bits per heavy atom. The summed E-state index contributed by atoms with van der Waals surface area (Å²) in [4.78, 5) is 24.2. The van der Waals surface area contributed by atoms with E-state index >= 15 is 0 Å². The van der Waals surface area contributed by atoms with E-state index in [4.69, 9.17) is 14.2 Å². The van der Waals surface area contributed by atoms with Crippen LogP contribution in [0.2, 0.25) is 0 Å². The number of hydrogen-bond donors (Lipinski definition) is 0. The molecule has 0 fully saturated rings. The van der Waals surface area contributed by atoms with E-state index in [0.29, 0.717) is 24.5 Å². The molecule has 0 aliphatic heterocycles. The third-order valence-electron chi connectivity index (χ3n) is 4.35. The smallest absolute Gasteiger partial charge is 0.309 e. The maximum Gasteiger partial charge on any atom is 0.309 e. The van der Waals surface area contributed by atoms with Crippen molar-refractivity contribution in [3.8, 4) is 5.75 Å². The van der Waals surface area contributed by atoms with Gasteiger partial charge in [0.05, 0.1) is 19.6 Å². The highest BCUT2D eigenvalue weighted by Crippen LogP contribution is 2.16. The summed E-state index contributed by atoms with van der Waals surface area (Å²) in [5, 5.41) is 0. The lowest BCUT2D eigenvalue weighted by atomic mass is 10.1. The number of benzene rings is 1. The number of rotatable bonds is 10. The van der Waals surface area contributed by atoms with Gasteiger partial charge >= 0.3 is 5.97 Å². The van der Waals surface area contributed by atoms with Gasteiger partial charge < -0.3 is 18.8 Å². The highest BCUT2D eigenvalue weighted by atomic mass is 16.5. The van der Waals surface area contributed by atoms with Crippen molar-refractivity contribution in [1.29, 1.82) is 0 Å². The van der Waals surface area contributed by atoms with Crippen molar-refractivity contribution in [1.82, 2.24) is 4.57 Å². The van der Waals surface area contributed by atoms with E-state index < -0.39 is 5.97 Å². The van der Waals surface area contributed by atoms with Gasteiger partial charge in [-0.3, -0.25) is 9.59 Å². The molecule has 0 bridgehead atoms. The Bertz CT molecular complexity index is 777. The van der Waals surface area contributed by atoms with Gasteiger partial charge in [-0.2, -0.15) is 0 Å². The third kappa shape index (κ3) is 5.96. The molecule has 0 aliphatic rings. The van der Waals surface area contributed by atoms with Gasteiger partial charge in [-0.05, 0) is 39.0 Å². The number of esters is 1. The molecule has 1 heterocycles. The monoisotopic (exact) mass is 373 g/mol. The Morgan fingerprint density at radius 2 is 1.74 bits per heavy atom. The number of aromatic nitrogens is 1. The molecule has 1 aromatic carbocycles. The first-order chi connectivity index (χ1) is 12.9. The lowest BCUT2D eigenvalue weighted by molar-refractivity contribution is -0.143. The number of ether oxygens (including phenoxy) is 3. The molecule has 6 heteroatoms. The van der Waals surface area contributed by atoms with Gasteiger partial charge in [-0.1, -0.05) is 17.7 Å². The average molecular weight is 373 g/mol. The van der Waals surface area contributed by atoms with Crippen LogP contribution in [0.15, 0.2) is 30.3 Å². The maximum atomic E-state index is 12.4. The summed E-state index contributed by atoms with van der Waals surface area (Å²) in [5.74, 6) is 0.0381. The van der Waals surface area contributed by atoms with E-state index in [9.17, 15) is 9.59 Å². The molecular formula is C21H27NO5. The number of carbonyl (C=O) groups excluding carboxylic acids is 2. The van der Waals surface area contributed by atoms with Crippen molar-refractivity contribution in [2.24, 2.45) is 0 Å². The first-order valence-corrected chi connectivity index (χ1v) is 8.96. The molecular weight excluding hydrogens is 346 g/mol. The lowest BCUT2D eigenvalue weighted by Gasteiger charge is -2.09. The van der Waals surface area contributed by atoms with Crippen molar-refractivity contribution in [2.45, 2.75) is 33.7 Å². The van der Waals surface area contributed by atoms with Gasteiger partial charge in [0.25, 0.3) is 0 Å². The van der Waals surface area contributed by atoms with Crippen LogP contribution in [-0.4, -0.2) is 43.3 Å². The zero-order valence-electron chi connectivity index (χ0n) is 16.4. The Balaban J connectivity index is 1.79. The predicted molar refractivity (Wildman–Crippen MR) is 102 cm³/mol. The van der Waals surface area contributed by atoms with Crippen molar-refractivity contribution < 1.29 is 23.8 Å². The Morgan fingerprint density at radius 1 is 1.04 bits per heavy atom. The second kappa shape index (κ2) is 9.92. The van der Waals surface area contributed by atoms with Crippen LogP contribution in [0.5, 0.6) is 5.75 Å². The second-order valence-electron chi connectivity index (χ2n) is 6.42. The molecule has 0 atom stereocenters. The Labute approximate surface area is 160 Å². The topological polar surface area (TPSA) is 66.8 Å². The molecule has 0 saturated heterocycles. The zero-order valence-corrected chi connectivity index (χ0v) is 16.4. The summed E-state index contributed by atoms with van der Waals surface area (Å²) >= 11 is 0. The van der Waals surface area contributed by atoms with Crippen molar-refractivity contribution in [2.75, 3.05) is 26.9 Å². The van der Waals surface area contributed by atoms with E-state index in [1.54, 1.807) is 7.11 Å². The number of Topliss-reactive ketones (excluding diaryl/α,β-unsaturated/α-hetero) is 1. The molecule has 0 amide bonds. The highest BCUT2D eigenvalue weighted by molar-refractivity contribution is 5.99. The minimum Gasteiger partial charge on any atom is -0.493 e. The van der Waals surface area contributed by atoms with Crippen LogP contribution in [0.25, 0.3) is 0 Å².